The fourth-order valence-electron chi connectivity index (χ4n) is 0.840. The third-order valence-corrected chi connectivity index (χ3v) is 1.52. The fraction of sp³-hybridized carbons (Fsp3) is 0.125. The molecule has 4 heteroatoms. The van der Waals surface area contributed by atoms with Gasteiger partial charge < -0.3 is 9.84 Å². The Balaban J connectivity index is 3.02. The third kappa shape index (κ3) is 1.89. The van der Waals surface area contributed by atoms with Crippen molar-refractivity contribution >= 4 is 17.7 Å². The summed E-state index contributed by atoms with van der Waals surface area (Å²) in [5.74, 6) is 0.440. The summed E-state index contributed by atoms with van der Waals surface area (Å²) in [4.78, 5) is 0. The second-order valence-corrected chi connectivity index (χ2v) is 2.31. The number of nitrogens with zero attached hydrogens (tertiary/aromatic N) is 1. The zero-order chi connectivity index (χ0) is 8.97. The van der Waals surface area contributed by atoms with E-state index in [0.717, 1.165) is 0 Å². The van der Waals surface area contributed by atoms with Gasteiger partial charge in [-0.15, -0.1) is 4.51 Å². The van der Waals surface area contributed by atoms with Gasteiger partial charge in [-0.2, -0.15) is 0 Å². The molecule has 1 rings (SSSR count). The number of hydrogen-bond donors (Lipinski definition) is 1. The highest BCUT2D eigenvalue weighted by Crippen LogP contribution is 2.12. The van der Waals surface area contributed by atoms with E-state index in [1.807, 2.05) is 0 Å². The van der Waals surface area contributed by atoms with Crippen molar-refractivity contribution in [2.45, 2.75) is 0 Å². The van der Waals surface area contributed by atoms with Gasteiger partial charge in [0.2, 0.25) is 5.90 Å². The summed E-state index contributed by atoms with van der Waals surface area (Å²) in [6, 6.07) is 6.51. The number of phenolic OH excluding ortho intramolecular Hbond substituents is 1. The van der Waals surface area contributed by atoms with Crippen LogP contribution in [0.2, 0.25) is 0 Å². The Hall–Kier alpha value is -1.22. The summed E-state index contributed by atoms with van der Waals surface area (Å²) in [6.07, 6.45) is 0. The van der Waals surface area contributed by atoms with Gasteiger partial charge >= 0.3 is 0 Å². The highest BCUT2D eigenvalue weighted by Gasteiger charge is 2.02. The Bertz CT molecular complexity index is 299. The second kappa shape index (κ2) is 3.97. The van der Waals surface area contributed by atoms with E-state index in [2.05, 4.69) is 4.51 Å². The molecule has 0 bridgehead atoms. The minimum atomic E-state index is 0.155. The summed E-state index contributed by atoms with van der Waals surface area (Å²) in [7, 11) is 1.46. The molecule has 0 aromatic heterocycles. The molecule has 0 aliphatic heterocycles. The lowest BCUT2D eigenvalue weighted by atomic mass is 10.2. The lowest BCUT2D eigenvalue weighted by Gasteiger charge is -2.02. The van der Waals surface area contributed by atoms with Crippen molar-refractivity contribution in [2.75, 3.05) is 7.11 Å². The highest BCUT2D eigenvalue weighted by molar-refractivity contribution is 6.21. The van der Waals surface area contributed by atoms with Gasteiger partial charge in [-0.25, -0.2) is 0 Å². The average Bonchev–Trinajstić information content (AvgIpc) is 2.07. The van der Waals surface area contributed by atoms with Crippen molar-refractivity contribution < 1.29 is 9.84 Å². The molecule has 0 amide bonds. The van der Waals surface area contributed by atoms with Crippen LogP contribution in [0.5, 0.6) is 5.75 Å². The molecule has 64 valence electrons. The molecule has 0 radical (unpaired) electrons. The van der Waals surface area contributed by atoms with E-state index in [4.69, 9.17) is 21.6 Å². The molecule has 1 aromatic rings. The lowest BCUT2D eigenvalue weighted by molar-refractivity contribution is 0.405. The van der Waals surface area contributed by atoms with E-state index in [1.54, 1.807) is 18.2 Å². The lowest BCUT2D eigenvalue weighted by Crippen LogP contribution is -2.01. The van der Waals surface area contributed by atoms with Crippen LogP contribution < -0.4 is 0 Å². The zero-order valence-electron chi connectivity index (χ0n) is 6.49. The van der Waals surface area contributed by atoms with Crippen LogP contribution in [-0.2, 0) is 4.74 Å². The fourth-order valence-corrected chi connectivity index (χ4v) is 1.01. The summed E-state index contributed by atoms with van der Waals surface area (Å²) in [6.45, 7) is 0. The van der Waals surface area contributed by atoms with Crippen LogP contribution in [0.25, 0.3) is 0 Å². The molecule has 0 aliphatic rings. The number of hydrogen-bond acceptors (Lipinski definition) is 3. The van der Waals surface area contributed by atoms with Gasteiger partial charge in [-0.1, -0.05) is 6.07 Å². The standard InChI is InChI=1S/C8H8ClNO2/c1-12-8(10-9)6-3-2-4-7(11)5-6/h2-5,11H,1H3. The van der Waals surface area contributed by atoms with Crippen LogP contribution in [0.3, 0.4) is 0 Å². The van der Waals surface area contributed by atoms with E-state index < -0.39 is 0 Å². The van der Waals surface area contributed by atoms with Crippen LogP contribution >= 0.6 is 11.8 Å². The van der Waals surface area contributed by atoms with E-state index in [-0.39, 0.29) is 11.6 Å². The van der Waals surface area contributed by atoms with E-state index >= 15 is 0 Å². The zero-order valence-corrected chi connectivity index (χ0v) is 7.25. The van der Waals surface area contributed by atoms with Gasteiger partial charge in [-0.05, 0) is 18.2 Å². The number of phenols is 1. The van der Waals surface area contributed by atoms with Crippen molar-refractivity contribution in [1.82, 2.24) is 0 Å². The van der Waals surface area contributed by atoms with Gasteiger partial charge in [0.1, 0.15) is 5.75 Å². The first-order valence-corrected chi connectivity index (χ1v) is 3.64. The number of aromatic hydroxyl groups is 1. The van der Waals surface area contributed by atoms with Crippen molar-refractivity contribution in [2.24, 2.45) is 4.51 Å². The topological polar surface area (TPSA) is 41.8 Å². The third-order valence-electron chi connectivity index (χ3n) is 1.36. The number of ether oxygens (including phenoxy) is 1. The van der Waals surface area contributed by atoms with E-state index in [1.165, 1.54) is 13.2 Å². The first kappa shape index (κ1) is 8.87. The Morgan fingerprint density at radius 2 is 2.33 bits per heavy atom. The van der Waals surface area contributed by atoms with Gasteiger partial charge in [0.25, 0.3) is 0 Å². The Kier molecular flexibility index (Phi) is 2.94. The number of rotatable bonds is 1. The smallest absolute Gasteiger partial charge is 0.233 e. The Labute approximate surface area is 75.4 Å². The maximum Gasteiger partial charge on any atom is 0.233 e. The van der Waals surface area contributed by atoms with Gasteiger partial charge in [0.05, 0.1) is 7.11 Å². The normalized spacial score (nSPS) is 11.3. The molecule has 0 atom stereocenters. The number of methoxy groups -OCH3 is 1. The van der Waals surface area contributed by atoms with Crippen molar-refractivity contribution in [1.29, 1.82) is 0 Å². The van der Waals surface area contributed by atoms with Crippen LogP contribution in [0.1, 0.15) is 5.56 Å². The minimum Gasteiger partial charge on any atom is -0.508 e. The number of benzene rings is 1. The van der Waals surface area contributed by atoms with Gasteiger partial charge in [0, 0.05) is 17.3 Å². The molecule has 0 spiro atoms. The van der Waals surface area contributed by atoms with E-state index in [9.17, 15) is 0 Å². The highest BCUT2D eigenvalue weighted by atomic mass is 35.5. The summed E-state index contributed by atoms with van der Waals surface area (Å²) in [5.41, 5.74) is 0.646. The molecule has 0 saturated heterocycles. The maximum absolute atomic E-state index is 9.10. The predicted octanol–water partition coefficient (Wildman–Crippen LogP) is 1.94. The van der Waals surface area contributed by atoms with Crippen molar-refractivity contribution in [3.8, 4) is 5.75 Å². The minimum absolute atomic E-state index is 0.155. The molecule has 3 nitrogen and oxygen atoms in total. The SMILES string of the molecule is COC(=NCl)c1cccc(O)c1. The molecule has 0 saturated carbocycles. The predicted molar refractivity (Wildman–Crippen MR) is 47.5 cm³/mol. The van der Waals surface area contributed by atoms with E-state index in [0.29, 0.717) is 5.56 Å². The second-order valence-electron chi connectivity index (χ2n) is 2.14. The van der Waals surface area contributed by atoms with Crippen LogP contribution in [-0.4, -0.2) is 18.1 Å². The first-order chi connectivity index (χ1) is 5.77. The summed E-state index contributed by atoms with van der Waals surface area (Å²) >= 11 is 5.24. The van der Waals surface area contributed by atoms with Gasteiger partial charge in [0.15, 0.2) is 0 Å². The molecular formula is C8H8ClNO2. The average molecular weight is 186 g/mol. The molecule has 12 heavy (non-hydrogen) atoms. The molecule has 0 unspecified atom stereocenters. The first-order valence-electron chi connectivity index (χ1n) is 3.30. The molecule has 0 fully saturated rings. The monoisotopic (exact) mass is 185 g/mol. The van der Waals surface area contributed by atoms with Crippen LogP contribution in [0, 0.1) is 0 Å². The number of halogens is 1. The van der Waals surface area contributed by atoms with Gasteiger partial charge in [-0.3, -0.25) is 0 Å². The molecule has 0 heterocycles. The van der Waals surface area contributed by atoms with Crippen molar-refractivity contribution in [3.05, 3.63) is 29.8 Å². The summed E-state index contributed by atoms with van der Waals surface area (Å²) < 4.78 is 8.22. The molecule has 0 aliphatic carbocycles. The quantitative estimate of drug-likeness (QED) is 0.537. The largest absolute Gasteiger partial charge is 0.508 e. The molecule has 1 aromatic carbocycles. The summed E-state index contributed by atoms with van der Waals surface area (Å²) in [5, 5.41) is 9.10. The Morgan fingerprint density at radius 3 is 2.83 bits per heavy atom. The maximum atomic E-state index is 9.10. The Morgan fingerprint density at radius 1 is 1.58 bits per heavy atom. The van der Waals surface area contributed by atoms with Crippen LogP contribution in [0.4, 0.5) is 0 Å². The molecular weight excluding hydrogens is 178 g/mol. The molecule has 1 N–H and O–H groups in total. The van der Waals surface area contributed by atoms with Crippen molar-refractivity contribution in [3.63, 3.8) is 0 Å². The van der Waals surface area contributed by atoms with Crippen LogP contribution in [0.15, 0.2) is 28.8 Å².